The van der Waals surface area contributed by atoms with Crippen LogP contribution in [0.3, 0.4) is 0 Å². The average molecular weight is 405 g/mol. The predicted molar refractivity (Wildman–Crippen MR) is 116 cm³/mol. The van der Waals surface area contributed by atoms with Gasteiger partial charge in [0.05, 0.1) is 25.6 Å². The maximum absolute atomic E-state index is 12.3. The zero-order chi connectivity index (χ0) is 20.9. The Hall–Kier alpha value is -3.12. The largest absolute Gasteiger partial charge is 0.497 e. The molecule has 0 saturated carbocycles. The van der Waals surface area contributed by atoms with E-state index in [1.807, 2.05) is 59.3 Å². The number of benzene rings is 2. The van der Waals surface area contributed by atoms with Crippen LogP contribution in [0.2, 0.25) is 0 Å². The van der Waals surface area contributed by atoms with Gasteiger partial charge in [-0.05, 0) is 43.7 Å². The van der Waals surface area contributed by atoms with Crippen molar-refractivity contribution in [3.8, 4) is 22.7 Å². The van der Waals surface area contributed by atoms with Crippen molar-refractivity contribution in [1.29, 1.82) is 0 Å². The monoisotopic (exact) mass is 405 g/mol. The van der Waals surface area contributed by atoms with Crippen LogP contribution < -0.4 is 4.74 Å². The number of hydrogen-bond acceptors (Lipinski definition) is 5. The Bertz CT molecular complexity index is 1000. The number of methoxy groups -OCH3 is 2. The quantitative estimate of drug-likeness (QED) is 0.579. The molecule has 6 heteroatoms. The predicted octanol–water partition coefficient (Wildman–Crippen LogP) is 4.08. The van der Waals surface area contributed by atoms with Crippen molar-refractivity contribution in [1.82, 2.24) is 14.7 Å². The van der Waals surface area contributed by atoms with Gasteiger partial charge in [-0.15, -0.1) is 0 Å². The minimum atomic E-state index is -0.206. The highest BCUT2D eigenvalue weighted by Gasteiger charge is 2.30. The van der Waals surface area contributed by atoms with E-state index >= 15 is 0 Å². The first-order chi connectivity index (χ1) is 14.7. The van der Waals surface area contributed by atoms with Gasteiger partial charge in [0.1, 0.15) is 11.8 Å². The number of piperidine rings is 1. The average Bonchev–Trinajstić information content (AvgIpc) is 3.23. The maximum atomic E-state index is 12.3. The summed E-state index contributed by atoms with van der Waals surface area (Å²) in [6.45, 7) is 1.51. The van der Waals surface area contributed by atoms with Gasteiger partial charge in [-0.25, -0.2) is 4.68 Å². The van der Waals surface area contributed by atoms with Gasteiger partial charge in [0.2, 0.25) is 0 Å². The van der Waals surface area contributed by atoms with Crippen molar-refractivity contribution in [2.45, 2.75) is 31.8 Å². The molecule has 1 aliphatic heterocycles. The molecule has 1 fully saturated rings. The number of carbonyl (C=O) groups excluding carboxylic acids is 1. The topological polar surface area (TPSA) is 56.6 Å². The molecule has 1 saturated heterocycles. The number of nitrogens with zero attached hydrogens (tertiary/aromatic N) is 3. The highest BCUT2D eigenvalue weighted by atomic mass is 16.5. The van der Waals surface area contributed by atoms with Crippen LogP contribution in [0.15, 0.2) is 60.8 Å². The lowest BCUT2D eigenvalue weighted by molar-refractivity contribution is -0.148. The van der Waals surface area contributed by atoms with Crippen LogP contribution in [-0.2, 0) is 16.1 Å². The van der Waals surface area contributed by atoms with Gasteiger partial charge in [0.25, 0.3) is 0 Å². The van der Waals surface area contributed by atoms with Gasteiger partial charge >= 0.3 is 5.97 Å². The zero-order valence-corrected chi connectivity index (χ0v) is 17.5. The number of ether oxygens (including phenoxy) is 2. The lowest BCUT2D eigenvalue weighted by atomic mass is 10.0. The van der Waals surface area contributed by atoms with Crippen LogP contribution in [0.25, 0.3) is 16.9 Å². The second-order valence-electron chi connectivity index (χ2n) is 7.52. The summed E-state index contributed by atoms with van der Waals surface area (Å²) in [5.41, 5.74) is 3.96. The van der Waals surface area contributed by atoms with Gasteiger partial charge in [0.15, 0.2) is 0 Å². The molecule has 2 aromatic carbocycles. The normalized spacial score (nSPS) is 16.9. The molecule has 0 amide bonds. The fraction of sp³-hybridized carbons (Fsp3) is 0.333. The van der Waals surface area contributed by atoms with Crippen LogP contribution in [0.5, 0.6) is 5.75 Å². The molecule has 156 valence electrons. The molecule has 0 spiro atoms. The minimum Gasteiger partial charge on any atom is -0.497 e. The molecular formula is C24H27N3O3. The standard InChI is InChI=1S/C24H27N3O3/c1-29-21-12-8-9-18(15-21)23-19(17-27(25-23)20-10-4-3-5-11-20)16-26-14-7-6-13-22(26)24(28)30-2/h3-5,8-12,15,17,22H,6-7,13-14,16H2,1-2H3/t22-/m1/s1. The van der Waals surface area contributed by atoms with E-state index in [1.54, 1.807) is 7.11 Å². The summed E-state index contributed by atoms with van der Waals surface area (Å²) >= 11 is 0. The molecule has 0 radical (unpaired) electrons. The van der Waals surface area contributed by atoms with Gasteiger partial charge < -0.3 is 9.47 Å². The third kappa shape index (κ3) is 4.24. The number of hydrogen-bond donors (Lipinski definition) is 0. The van der Waals surface area contributed by atoms with Crippen LogP contribution in [-0.4, -0.2) is 47.5 Å². The molecule has 3 aromatic rings. The lowest BCUT2D eigenvalue weighted by Crippen LogP contribution is -2.44. The van der Waals surface area contributed by atoms with Gasteiger partial charge in [-0.3, -0.25) is 9.69 Å². The molecule has 6 nitrogen and oxygen atoms in total. The highest BCUT2D eigenvalue weighted by Crippen LogP contribution is 2.29. The Balaban J connectivity index is 1.73. The van der Waals surface area contributed by atoms with Gasteiger partial charge in [0, 0.05) is 23.9 Å². The molecule has 1 aromatic heterocycles. The summed E-state index contributed by atoms with van der Waals surface area (Å²) in [5, 5.41) is 4.90. The van der Waals surface area contributed by atoms with Crippen LogP contribution in [0.4, 0.5) is 0 Å². The highest BCUT2D eigenvalue weighted by molar-refractivity contribution is 5.75. The van der Waals surface area contributed by atoms with Crippen LogP contribution in [0, 0.1) is 0 Å². The van der Waals surface area contributed by atoms with Crippen molar-refractivity contribution in [3.63, 3.8) is 0 Å². The lowest BCUT2D eigenvalue weighted by Gasteiger charge is -2.33. The van der Waals surface area contributed by atoms with E-state index in [4.69, 9.17) is 14.6 Å². The van der Waals surface area contributed by atoms with Crippen LogP contribution >= 0.6 is 0 Å². The van der Waals surface area contributed by atoms with E-state index in [1.165, 1.54) is 7.11 Å². The molecule has 2 heterocycles. The molecule has 30 heavy (non-hydrogen) atoms. The van der Waals surface area contributed by atoms with Crippen LogP contribution in [0.1, 0.15) is 24.8 Å². The molecular weight excluding hydrogens is 378 g/mol. The van der Waals surface area contributed by atoms with Gasteiger partial charge in [-0.2, -0.15) is 5.10 Å². The number of aromatic nitrogens is 2. The Morgan fingerprint density at radius 3 is 2.70 bits per heavy atom. The van der Waals surface area contributed by atoms with E-state index in [0.29, 0.717) is 6.54 Å². The van der Waals surface area contributed by atoms with E-state index in [9.17, 15) is 4.79 Å². The maximum Gasteiger partial charge on any atom is 0.323 e. The van der Waals surface area contributed by atoms with E-state index in [2.05, 4.69) is 11.1 Å². The Kier molecular flexibility index (Phi) is 6.14. The number of likely N-dealkylation sites (tertiary alicyclic amines) is 1. The number of esters is 1. The molecule has 0 N–H and O–H groups in total. The summed E-state index contributed by atoms with van der Waals surface area (Å²) < 4.78 is 12.4. The van der Waals surface area contributed by atoms with Crippen molar-refractivity contribution in [2.24, 2.45) is 0 Å². The van der Waals surface area contributed by atoms with E-state index in [-0.39, 0.29) is 12.0 Å². The molecule has 0 aliphatic carbocycles. The number of para-hydroxylation sites is 1. The Labute approximate surface area is 177 Å². The summed E-state index contributed by atoms with van der Waals surface area (Å²) in [4.78, 5) is 14.5. The third-order valence-corrected chi connectivity index (χ3v) is 5.61. The third-order valence-electron chi connectivity index (χ3n) is 5.61. The van der Waals surface area contributed by atoms with E-state index < -0.39 is 0 Å². The van der Waals surface area contributed by atoms with Crippen molar-refractivity contribution >= 4 is 5.97 Å². The zero-order valence-electron chi connectivity index (χ0n) is 17.5. The first-order valence-electron chi connectivity index (χ1n) is 10.3. The fourth-order valence-electron chi connectivity index (χ4n) is 4.05. The number of rotatable bonds is 6. The molecule has 1 atom stereocenters. The fourth-order valence-corrected chi connectivity index (χ4v) is 4.05. The summed E-state index contributed by atoms with van der Waals surface area (Å²) in [7, 11) is 3.13. The SMILES string of the molecule is COC(=O)[C@H]1CCCCN1Cc1cn(-c2ccccc2)nc1-c1cccc(OC)c1. The second kappa shape index (κ2) is 9.13. The van der Waals surface area contributed by atoms with Crippen molar-refractivity contribution < 1.29 is 14.3 Å². The van der Waals surface area contributed by atoms with Gasteiger partial charge in [-0.1, -0.05) is 36.8 Å². The number of carbonyl (C=O) groups is 1. The minimum absolute atomic E-state index is 0.159. The summed E-state index contributed by atoms with van der Waals surface area (Å²) in [6.07, 6.45) is 5.01. The molecule has 0 unspecified atom stereocenters. The summed E-state index contributed by atoms with van der Waals surface area (Å²) in [6, 6.07) is 17.8. The summed E-state index contributed by atoms with van der Waals surface area (Å²) in [5.74, 6) is 0.631. The van der Waals surface area contributed by atoms with E-state index in [0.717, 1.165) is 54.1 Å². The first kappa shape index (κ1) is 20.2. The van der Waals surface area contributed by atoms with Crippen molar-refractivity contribution in [2.75, 3.05) is 20.8 Å². The first-order valence-corrected chi connectivity index (χ1v) is 10.3. The van der Waals surface area contributed by atoms with Crippen molar-refractivity contribution in [3.05, 3.63) is 66.4 Å². The molecule has 1 aliphatic rings. The molecule has 4 rings (SSSR count). The molecule has 0 bridgehead atoms. The Morgan fingerprint density at radius 1 is 1.10 bits per heavy atom. The Morgan fingerprint density at radius 2 is 1.93 bits per heavy atom. The smallest absolute Gasteiger partial charge is 0.323 e. The second-order valence-corrected chi connectivity index (χ2v) is 7.52.